The minimum Gasteiger partial charge on any atom is -0.355 e. The molecule has 2 aromatic carbocycles. The Morgan fingerprint density at radius 1 is 1.10 bits per heavy atom. The van der Waals surface area contributed by atoms with E-state index in [0.29, 0.717) is 34.2 Å². The Morgan fingerprint density at radius 3 is 2.42 bits per heavy atom. The van der Waals surface area contributed by atoms with Crippen molar-refractivity contribution in [1.29, 1.82) is 0 Å². The number of anilines is 1. The topological polar surface area (TPSA) is 24.1 Å². The molecule has 0 saturated heterocycles. The fourth-order valence-corrected chi connectivity index (χ4v) is 4.98. The monoisotopic (exact) mass is 466 g/mol. The number of hydrogen-bond acceptors (Lipinski definition) is 3. The van der Waals surface area contributed by atoms with Gasteiger partial charge in [-0.2, -0.15) is 0 Å². The molecule has 0 amide bonds. The maximum atomic E-state index is 13.5. The van der Waals surface area contributed by atoms with E-state index in [4.69, 9.17) is 11.6 Å². The molecule has 0 saturated carbocycles. The van der Waals surface area contributed by atoms with Gasteiger partial charge in [-0.05, 0) is 61.1 Å². The van der Waals surface area contributed by atoms with Gasteiger partial charge in [0.15, 0.2) is 11.6 Å². The van der Waals surface area contributed by atoms with Gasteiger partial charge in [0.2, 0.25) is 0 Å². The molecule has 4 atom stereocenters. The van der Waals surface area contributed by atoms with Crippen molar-refractivity contribution in [1.82, 2.24) is 5.32 Å². The predicted octanol–water partition coefficient (Wildman–Crippen LogP) is 8.05. The zero-order chi connectivity index (χ0) is 23.1. The molecule has 2 rings (SSSR count). The zero-order valence-corrected chi connectivity index (χ0v) is 20.5. The van der Waals surface area contributed by atoms with Gasteiger partial charge in [-0.1, -0.05) is 58.4 Å². The maximum Gasteiger partial charge on any atom is 0.160 e. The highest BCUT2D eigenvalue weighted by atomic mass is 35.5. The van der Waals surface area contributed by atoms with Crippen molar-refractivity contribution in [3.8, 4) is 0 Å². The van der Waals surface area contributed by atoms with E-state index >= 15 is 0 Å². The van der Waals surface area contributed by atoms with Crippen molar-refractivity contribution < 1.29 is 8.78 Å². The van der Waals surface area contributed by atoms with Crippen LogP contribution in [0.3, 0.4) is 0 Å². The van der Waals surface area contributed by atoms with Crippen molar-refractivity contribution >= 4 is 34.7 Å². The molecule has 0 aliphatic carbocycles. The van der Waals surface area contributed by atoms with Crippen molar-refractivity contribution in [2.75, 3.05) is 12.4 Å². The lowest BCUT2D eigenvalue weighted by Gasteiger charge is -2.30. The number of rotatable bonds is 11. The number of nitrogens with one attached hydrogen (secondary N) is 2. The van der Waals surface area contributed by atoms with Crippen LogP contribution in [-0.2, 0) is 0 Å². The fourth-order valence-electron chi connectivity index (χ4n) is 3.48. The third-order valence-corrected chi connectivity index (χ3v) is 7.83. The Hall–Kier alpha value is -1.56. The molecule has 2 aromatic rings. The summed E-state index contributed by atoms with van der Waals surface area (Å²) >= 11 is 8.21. The first-order valence-corrected chi connectivity index (χ1v) is 12.0. The van der Waals surface area contributed by atoms with E-state index in [9.17, 15) is 8.78 Å². The number of benzene rings is 2. The van der Waals surface area contributed by atoms with E-state index in [0.717, 1.165) is 22.6 Å². The molecule has 170 valence electrons. The Balaban J connectivity index is 2.15. The van der Waals surface area contributed by atoms with Crippen molar-refractivity contribution in [3.05, 3.63) is 65.2 Å². The third kappa shape index (κ3) is 7.23. The second-order valence-corrected chi connectivity index (χ2v) is 9.88. The molecule has 0 aliphatic rings. The van der Waals surface area contributed by atoms with E-state index in [2.05, 4.69) is 44.9 Å². The SMILES string of the molecule is C=C(Nc1ccc(F)c(F)c1)c1ccc(Cl)c(SC(NC)C(C)C(C)CC(C)CC)c1. The van der Waals surface area contributed by atoms with Gasteiger partial charge in [-0.3, -0.25) is 0 Å². The molecule has 4 unspecified atom stereocenters. The van der Waals surface area contributed by atoms with E-state index in [1.165, 1.54) is 18.9 Å². The van der Waals surface area contributed by atoms with Crippen LogP contribution in [0.5, 0.6) is 0 Å². The first kappa shape index (κ1) is 25.7. The summed E-state index contributed by atoms with van der Waals surface area (Å²) < 4.78 is 26.7. The van der Waals surface area contributed by atoms with Crippen LogP contribution in [-0.4, -0.2) is 12.4 Å². The number of thioether (sulfide) groups is 1. The van der Waals surface area contributed by atoms with Gasteiger partial charge in [0.05, 0.1) is 10.4 Å². The summed E-state index contributed by atoms with van der Waals surface area (Å²) in [6.45, 7) is 13.2. The van der Waals surface area contributed by atoms with Crippen LogP contribution in [0.1, 0.15) is 46.1 Å². The van der Waals surface area contributed by atoms with Crippen LogP contribution in [0.4, 0.5) is 14.5 Å². The Kier molecular flexibility index (Phi) is 9.86. The van der Waals surface area contributed by atoms with Crippen LogP contribution in [0.15, 0.2) is 47.9 Å². The molecular weight excluding hydrogens is 434 g/mol. The van der Waals surface area contributed by atoms with E-state index < -0.39 is 11.6 Å². The van der Waals surface area contributed by atoms with Gasteiger partial charge >= 0.3 is 0 Å². The molecule has 2 N–H and O–H groups in total. The van der Waals surface area contributed by atoms with Gasteiger partial charge < -0.3 is 10.6 Å². The van der Waals surface area contributed by atoms with Crippen LogP contribution < -0.4 is 10.6 Å². The molecule has 2 nitrogen and oxygen atoms in total. The summed E-state index contributed by atoms with van der Waals surface area (Å²) in [7, 11) is 1.98. The predicted molar refractivity (Wildman–Crippen MR) is 132 cm³/mol. The summed E-state index contributed by atoms with van der Waals surface area (Å²) in [6.07, 6.45) is 2.38. The summed E-state index contributed by atoms with van der Waals surface area (Å²) in [5.74, 6) is -0.0460. The molecule has 0 aliphatic heterocycles. The van der Waals surface area contributed by atoms with Crippen LogP contribution in [0, 0.1) is 29.4 Å². The lowest BCUT2D eigenvalue weighted by Crippen LogP contribution is -2.33. The van der Waals surface area contributed by atoms with Gasteiger partial charge in [0, 0.05) is 22.3 Å². The van der Waals surface area contributed by atoms with E-state index in [-0.39, 0.29) is 5.37 Å². The molecular formula is C25H33ClF2N2S. The highest BCUT2D eigenvalue weighted by Gasteiger charge is 2.24. The van der Waals surface area contributed by atoms with Gasteiger partial charge in [-0.25, -0.2) is 8.78 Å². The largest absolute Gasteiger partial charge is 0.355 e. The van der Waals surface area contributed by atoms with E-state index in [1.54, 1.807) is 11.8 Å². The number of hydrogen-bond donors (Lipinski definition) is 2. The standard InChI is InChI=1S/C25H33ClF2N2S/c1-7-15(2)12-16(3)17(4)25(29-6)31-24-13-19(8-10-21(24)26)18(5)30-20-9-11-22(27)23(28)14-20/h8-11,13-17,25,29-30H,5,7,12H2,1-4,6H3. The lowest BCUT2D eigenvalue weighted by molar-refractivity contribution is 0.292. The molecule has 0 aromatic heterocycles. The minimum absolute atomic E-state index is 0.208. The average Bonchev–Trinajstić information content (AvgIpc) is 2.74. The highest BCUT2D eigenvalue weighted by molar-refractivity contribution is 8.00. The Labute approximate surface area is 194 Å². The molecule has 6 heteroatoms. The van der Waals surface area contributed by atoms with E-state index in [1.807, 2.05) is 25.2 Å². The molecule has 0 radical (unpaired) electrons. The minimum atomic E-state index is -0.900. The van der Waals surface area contributed by atoms with Gasteiger partial charge in [0.25, 0.3) is 0 Å². The van der Waals surface area contributed by atoms with Crippen LogP contribution >= 0.6 is 23.4 Å². The summed E-state index contributed by atoms with van der Waals surface area (Å²) in [4.78, 5) is 0.953. The third-order valence-electron chi connectivity index (χ3n) is 5.88. The summed E-state index contributed by atoms with van der Waals surface area (Å²) in [5, 5.41) is 7.36. The van der Waals surface area contributed by atoms with Crippen molar-refractivity contribution in [2.45, 2.75) is 50.8 Å². The van der Waals surface area contributed by atoms with Crippen molar-refractivity contribution in [3.63, 3.8) is 0 Å². The number of halogens is 3. The smallest absolute Gasteiger partial charge is 0.160 e. The molecule has 0 heterocycles. The molecule has 31 heavy (non-hydrogen) atoms. The first-order chi connectivity index (χ1) is 14.7. The Morgan fingerprint density at radius 2 is 1.81 bits per heavy atom. The first-order valence-electron chi connectivity index (χ1n) is 10.7. The second-order valence-electron chi connectivity index (χ2n) is 8.29. The van der Waals surface area contributed by atoms with Gasteiger partial charge in [0.1, 0.15) is 0 Å². The molecule has 0 bridgehead atoms. The maximum absolute atomic E-state index is 13.5. The second kappa shape index (κ2) is 11.9. The van der Waals surface area contributed by atoms with Crippen LogP contribution in [0.25, 0.3) is 5.70 Å². The lowest BCUT2D eigenvalue weighted by atomic mass is 9.86. The highest BCUT2D eigenvalue weighted by Crippen LogP contribution is 2.37. The summed E-state index contributed by atoms with van der Waals surface area (Å²) in [6, 6.07) is 9.38. The van der Waals surface area contributed by atoms with Crippen LogP contribution in [0.2, 0.25) is 5.02 Å². The Bertz CT molecular complexity index is 890. The van der Waals surface area contributed by atoms with Gasteiger partial charge in [-0.15, -0.1) is 11.8 Å². The zero-order valence-electron chi connectivity index (χ0n) is 18.9. The van der Waals surface area contributed by atoms with Crippen molar-refractivity contribution in [2.24, 2.45) is 17.8 Å². The normalized spacial score (nSPS) is 15.2. The quantitative estimate of drug-likeness (QED) is 0.258. The summed E-state index contributed by atoms with van der Waals surface area (Å²) in [5.41, 5.74) is 1.86. The fraction of sp³-hybridized carbons (Fsp3) is 0.440. The average molecular weight is 467 g/mol. The molecule has 0 fully saturated rings. The molecule has 0 spiro atoms.